The molecule has 4 aliphatic rings. The summed E-state index contributed by atoms with van der Waals surface area (Å²) in [4.78, 5) is 25.5. The van der Waals surface area contributed by atoms with Gasteiger partial charge in [-0.2, -0.15) is 0 Å². The van der Waals surface area contributed by atoms with Gasteiger partial charge in [0.1, 0.15) is 0 Å². The number of carbonyl (C=O) groups excluding carboxylic acids is 2. The van der Waals surface area contributed by atoms with Crippen molar-refractivity contribution in [3.8, 4) is 0 Å². The lowest BCUT2D eigenvalue weighted by molar-refractivity contribution is -0.143. The highest BCUT2D eigenvalue weighted by Crippen LogP contribution is 2.66. The molecule has 7 atom stereocenters. The van der Waals surface area contributed by atoms with Crippen LogP contribution in [0.5, 0.6) is 0 Å². The molecule has 4 fully saturated rings. The molecular formula is C21H32O2. The molecule has 0 aromatic carbocycles. The molecule has 2 heteroatoms. The molecule has 4 rings (SSSR count). The van der Waals surface area contributed by atoms with Crippen molar-refractivity contribution in [3.63, 3.8) is 0 Å². The maximum atomic E-state index is 12.9. The lowest BCUT2D eigenvalue weighted by Crippen LogP contribution is -2.53. The molecule has 4 aliphatic carbocycles. The first kappa shape index (κ1) is 15.8. The molecule has 4 saturated carbocycles. The zero-order chi connectivity index (χ0) is 16.4. The summed E-state index contributed by atoms with van der Waals surface area (Å²) >= 11 is 0. The smallest absolute Gasteiger partial charge is 0.202 e. The number of ketones is 2. The summed E-state index contributed by atoms with van der Waals surface area (Å²) in [6.07, 6.45) is 11.2. The van der Waals surface area contributed by atoms with E-state index in [1.54, 1.807) is 0 Å². The number of Topliss-reactive ketones (excluding diaryl/α,β-unsaturated/α-hetero) is 2. The van der Waals surface area contributed by atoms with Crippen molar-refractivity contribution in [2.75, 3.05) is 0 Å². The second-order valence-electron chi connectivity index (χ2n) is 9.51. The maximum Gasteiger partial charge on any atom is 0.202 e. The predicted molar refractivity (Wildman–Crippen MR) is 90.9 cm³/mol. The summed E-state index contributed by atoms with van der Waals surface area (Å²) in [5.41, 5.74) is 0.401. The van der Waals surface area contributed by atoms with E-state index in [-0.39, 0.29) is 28.8 Å². The molecule has 0 spiro atoms. The van der Waals surface area contributed by atoms with Crippen molar-refractivity contribution in [3.05, 3.63) is 0 Å². The van der Waals surface area contributed by atoms with Crippen molar-refractivity contribution in [1.82, 2.24) is 0 Å². The van der Waals surface area contributed by atoms with E-state index < -0.39 is 0 Å². The Hall–Kier alpha value is -0.660. The summed E-state index contributed by atoms with van der Waals surface area (Å²) in [5.74, 6) is 2.06. The fraction of sp³-hybridized carbons (Fsp3) is 0.905. The molecule has 0 aromatic heterocycles. The molecule has 0 aromatic rings. The normalized spacial score (nSPS) is 52.7. The third-order valence-corrected chi connectivity index (χ3v) is 8.84. The van der Waals surface area contributed by atoms with Gasteiger partial charge in [0, 0.05) is 11.8 Å². The summed E-state index contributed by atoms with van der Waals surface area (Å²) < 4.78 is 0. The van der Waals surface area contributed by atoms with Crippen molar-refractivity contribution in [1.29, 1.82) is 0 Å². The highest BCUT2D eigenvalue weighted by molar-refractivity contribution is 6.41. The number of carbonyl (C=O) groups is 2. The van der Waals surface area contributed by atoms with Crippen LogP contribution in [0.15, 0.2) is 0 Å². The van der Waals surface area contributed by atoms with E-state index in [0.29, 0.717) is 17.3 Å². The lowest BCUT2D eigenvalue weighted by atomic mass is 9.45. The first-order valence-electron chi connectivity index (χ1n) is 10.0. The average molecular weight is 316 g/mol. The largest absolute Gasteiger partial charge is 0.291 e. The van der Waals surface area contributed by atoms with E-state index in [4.69, 9.17) is 0 Å². The Labute approximate surface area is 140 Å². The molecule has 0 radical (unpaired) electrons. The van der Waals surface area contributed by atoms with Gasteiger partial charge in [-0.25, -0.2) is 0 Å². The quantitative estimate of drug-likeness (QED) is 0.651. The summed E-state index contributed by atoms with van der Waals surface area (Å²) in [6, 6.07) is 0. The minimum atomic E-state index is -0.0397. The van der Waals surface area contributed by atoms with Crippen molar-refractivity contribution in [2.45, 2.75) is 78.6 Å². The van der Waals surface area contributed by atoms with Gasteiger partial charge in [-0.3, -0.25) is 9.59 Å². The maximum absolute atomic E-state index is 12.9. The fourth-order valence-electron chi connectivity index (χ4n) is 7.69. The highest BCUT2D eigenvalue weighted by atomic mass is 16.2. The molecule has 0 aliphatic heterocycles. The SMILES string of the molecule is CC[C@H]1C(=O)C(=O)[C@H]2[C@@H]3CCC4CCCC[C@]4(C)[C@H]3CC[C@]12C. The van der Waals surface area contributed by atoms with E-state index in [9.17, 15) is 9.59 Å². The Morgan fingerprint density at radius 2 is 1.70 bits per heavy atom. The van der Waals surface area contributed by atoms with Gasteiger partial charge in [-0.15, -0.1) is 0 Å². The van der Waals surface area contributed by atoms with E-state index >= 15 is 0 Å². The van der Waals surface area contributed by atoms with Gasteiger partial charge < -0.3 is 0 Å². The molecule has 23 heavy (non-hydrogen) atoms. The van der Waals surface area contributed by atoms with Crippen LogP contribution >= 0.6 is 0 Å². The van der Waals surface area contributed by atoms with Crippen LogP contribution in [-0.4, -0.2) is 11.6 Å². The Morgan fingerprint density at radius 1 is 0.913 bits per heavy atom. The average Bonchev–Trinajstić information content (AvgIpc) is 2.73. The predicted octanol–water partition coefficient (Wildman–Crippen LogP) is 4.80. The fourth-order valence-corrected chi connectivity index (χ4v) is 7.69. The van der Waals surface area contributed by atoms with Crippen molar-refractivity contribution < 1.29 is 9.59 Å². The zero-order valence-electron chi connectivity index (χ0n) is 15.1. The van der Waals surface area contributed by atoms with Crippen LogP contribution in [0.3, 0.4) is 0 Å². The molecule has 2 nitrogen and oxygen atoms in total. The highest BCUT2D eigenvalue weighted by Gasteiger charge is 2.64. The lowest BCUT2D eigenvalue weighted by Gasteiger charge is -2.59. The Morgan fingerprint density at radius 3 is 2.43 bits per heavy atom. The van der Waals surface area contributed by atoms with E-state index in [0.717, 1.165) is 18.8 Å². The number of hydrogen-bond donors (Lipinski definition) is 0. The second kappa shape index (κ2) is 5.17. The topological polar surface area (TPSA) is 34.1 Å². The molecule has 0 amide bonds. The first-order chi connectivity index (χ1) is 10.9. The molecule has 128 valence electrons. The van der Waals surface area contributed by atoms with Crippen LogP contribution in [-0.2, 0) is 9.59 Å². The molecule has 0 saturated heterocycles. The van der Waals surface area contributed by atoms with Gasteiger partial charge in [0.15, 0.2) is 0 Å². The van der Waals surface area contributed by atoms with Gasteiger partial charge in [0.2, 0.25) is 11.6 Å². The summed E-state index contributed by atoms with van der Waals surface area (Å²) in [6.45, 7) is 6.88. The molecule has 0 bridgehead atoms. The van der Waals surface area contributed by atoms with Gasteiger partial charge in [0.25, 0.3) is 0 Å². The van der Waals surface area contributed by atoms with Gasteiger partial charge >= 0.3 is 0 Å². The summed E-state index contributed by atoms with van der Waals surface area (Å²) in [5, 5.41) is 0. The Bertz CT molecular complexity index is 538. The van der Waals surface area contributed by atoms with Crippen LogP contribution in [0.25, 0.3) is 0 Å². The van der Waals surface area contributed by atoms with Crippen molar-refractivity contribution >= 4 is 11.6 Å². The third kappa shape index (κ3) is 1.93. The van der Waals surface area contributed by atoms with Crippen molar-refractivity contribution in [2.24, 2.45) is 40.4 Å². The molecule has 0 N–H and O–H groups in total. The summed E-state index contributed by atoms with van der Waals surface area (Å²) in [7, 11) is 0. The molecular weight excluding hydrogens is 284 g/mol. The van der Waals surface area contributed by atoms with Gasteiger partial charge in [-0.1, -0.05) is 33.6 Å². The number of hydrogen-bond acceptors (Lipinski definition) is 2. The molecule has 1 unspecified atom stereocenters. The Kier molecular flexibility index (Phi) is 3.56. The Balaban J connectivity index is 1.71. The van der Waals surface area contributed by atoms with Crippen LogP contribution in [0.1, 0.15) is 78.6 Å². The standard InChI is InChI=1S/C21H32O2/c1-4-15-18(22)19(23)17-14-9-8-13-7-5-6-11-20(13,2)16(14)10-12-21(15,17)3/h13-17H,4-12H2,1-3H3/t13?,14-,15+,16+,17-,20+,21-/m1/s1. The third-order valence-electron chi connectivity index (χ3n) is 8.84. The first-order valence-corrected chi connectivity index (χ1v) is 10.0. The monoisotopic (exact) mass is 316 g/mol. The van der Waals surface area contributed by atoms with Crippen LogP contribution in [0, 0.1) is 40.4 Å². The van der Waals surface area contributed by atoms with Crippen LogP contribution < -0.4 is 0 Å². The number of rotatable bonds is 1. The number of fused-ring (bicyclic) bond motifs is 5. The minimum absolute atomic E-state index is 0.00200. The zero-order valence-corrected chi connectivity index (χ0v) is 15.1. The minimum Gasteiger partial charge on any atom is -0.291 e. The molecule has 0 heterocycles. The van der Waals surface area contributed by atoms with Gasteiger partial charge in [-0.05, 0) is 73.5 Å². The second-order valence-corrected chi connectivity index (χ2v) is 9.51. The van der Waals surface area contributed by atoms with Gasteiger partial charge in [0.05, 0.1) is 0 Å². The van der Waals surface area contributed by atoms with E-state index in [1.807, 2.05) is 0 Å². The van der Waals surface area contributed by atoms with Crippen LogP contribution in [0.4, 0.5) is 0 Å². The van der Waals surface area contributed by atoms with E-state index in [1.165, 1.54) is 44.9 Å². The van der Waals surface area contributed by atoms with E-state index in [2.05, 4.69) is 20.8 Å². The van der Waals surface area contributed by atoms with Crippen LogP contribution in [0.2, 0.25) is 0 Å².